The van der Waals surface area contributed by atoms with Gasteiger partial charge in [-0.2, -0.15) is 0 Å². The van der Waals surface area contributed by atoms with E-state index in [9.17, 15) is 4.79 Å². The van der Waals surface area contributed by atoms with Gasteiger partial charge in [0.15, 0.2) is 5.96 Å². The van der Waals surface area contributed by atoms with Crippen LogP contribution in [0.3, 0.4) is 0 Å². The molecule has 2 heterocycles. The molecular formula is C15H28N4O. The van der Waals surface area contributed by atoms with Gasteiger partial charge in [-0.25, -0.2) is 4.99 Å². The molecule has 2 rings (SSSR count). The summed E-state index contributed by atoms with van der Waals surface area (Å²) in [5, 5.41) is 3.32. The number of rotatable bonds is 3. The molecule has 2 aliphatic rings. The smallest absolute Gasteiger partial charge is 0.244 e. The molecule has 2 fully saturated rings. The predicted molar refractivity (Wildman–Crippen MR) is 81.8 cm³/mol. The van der Waals surface area contributed by atoms with Crippen molar-refractivity contribution >= 4 is 11.9 Å². The number of hydrogen-bond donors (Lipinski definition) is 1. The van der Waals surface area contributed by atoms with E-state index < -0.39 is 0 Å². The molecule has 1 amide bonds. The van der Waals surface area contributed by atoms with Crippen LogP contribution in [0.25, 0.3) is 0 Å². The minimum Gasteiger partial charge on any atom is -0.357 e. The number of nitrogens with one attached hydrogen (secondary N) is 1. The van der Waals surface area contributed by atoms with Crippen molar-refractivity contribution in [1.29, 1.82) is 0 Å². The number of piperidine rings is 1. The quantitative estimate of drug-likeness (QED) is 0.626. The summed E-state index contributed by atoms with van der Waals surface area (Å²) in [5.41, 5.74) is 0. The van der Waals surface area contributed by atoms with Gasteiger partial charge in [-0.05, 0) is 38.5 Å². The fraction of sp³-hybridized carbons (Fsp3) is 0.867. The third-order valence-corrected chi connectivity index (χ3v) is 4.11. The lowest BCUT2D eigenvalue weighted by molar-refractivity contribution is -0.128. The van der Waals surface area contributed by atoms with E-state index in [0.29, 0.717) is 5.92 Å². The Morgan fingerprint density at radius 2 is 1.90 bits per heavy atom. The molecule has 0 bridgehead atoms. The average molecular weight is 280 g/mol. The molecule has 5 heteroatoms. The number of aliphatic imine (C=N–C) groups is 1. The highest BCUT2D eigenvalue weighted by atomic mass is 16.2. The van der Waals surface area contributed by atoms with Crippen molar-refractivity contribution < 1.29 is 4.79 Å². The van der Waals surface area contributed by atoms with Gasteiger partial charge in [-0.1, -0.05) is 6.92 Å². The first kappa shape index (κ1) is 15.1. The van der Waals surface area contributed by atoms with E-state index in [-0.39, 0.29) is 12.5 Å². The summed E-state index contributed by atoms with van der Waals surface area (Å²) in [5.74, 6) is 1.79. The van der Waals surface area contributed by atoms with E-state index in [0.717, 1.165) is 51.5 Å². The summed E-state index contributed by atoms with van der Waals surface area (Å²) >= 11 is 0. The van der Waals surface area contributed by atoms with Crippen molar-refractivity contribution in [3.63, 3.8) is 0 Å². The van der Waals surface area contributed by atoms with Gasteiger partial charge < -0.3 is 15.1 Å². The molecule has 2 saturated heterocycles. The van der Waals surface area contributed by atoms with Crippen LogP contribution in [-0.2, 0) is 4.79 Å². The molecule has 114 valence electrons. The van der Waals surface area contributed by atoms with Gasteiger partial charge in [-0.15, -0.1) is 0 Å². The maximum atomic E-state index is 12.1. The molecule has 5 nitrogen and oxygen atoms in total. The Morgan fingerprint density at radius 3 is 2.55 bits per heavy atom. The average Bonchev–Trinajstić information content (AvgIpc) is 2.97. The van der Waals surface area contributed by atoms with E-state index in [2.05, 4.69) is 29.1 Å². The molecule has 1 atom stereocenters. The Labute approximate surface area is 122 Å². The van der Waals surface area contributed by atoms with E-state index in [1.54, 1.807) is 0 Å². The number of nitrogens with zero attached hydrogens (tertiary/aromatic N) is 3. The zero-order chi connectivity index (χ0) is 14.4. The molecule has 2 aliphatic heterocycles. The number of carbonyl (C=O) groups excluding carboxylic acids is 1. The third kappa shape index (κ3) is 4.12. The van der Waals surface area contributed by atoms with Crippen molar-refractivity contribution in [3.8, 4) is 0 Å². The highest BCUT2D eigenvalue weighted by Gasteiger charge is 2.21. The summed E-state index contributed by atoms with van der Waals surface area (Å²) in [6, 6.07) is 0. The number of likely N-dealkylation sites (tertiary alicyclic amines) is 2. The van der Waals surface area contributed by atoms with Crippen LogP contribution in [0.5, 0.6) is 0 Å². The fourth-order valence-electron chi connectivity index (χ4n) is 3.02. The number of guanidine groups is 1. The highest BCUT2D eigenvalue weighted by molar-refractivity contribution is 5.85. The maximum Gasteiger partial charge on any atom is 0.244 e. The van der Waals surface area contributed by atoms with Crippen LogP contribution in [-0.4, -0.2) is 60.9 Å². The first-order valence-corrected chi connectivity index (χ1v) is 8.01. The second-order valence-electron chi connectivity index (χ2n) is 5.95. The molecule has 20 heavy (non-hydrogen) atoms. The van der Waals surface area contributed by atoms with Crippen LogP contribution in [0.4, 0.5) is 0 Å². The second-order valence-corrected chi connectivity index (χ2v) is 5.95. The van der Waals surface area contributed by atoms with Crippen LogP contribution < -0.4 is 5.32 Å². The number of amides is 1. The minimum atomic E-state index is 0.169. The van der Waals surface area contributed by atoms with Gasteiger partial charge in [-0.3, -0.25) is 4.79 Å². The summed E-state index contributed by atoms with van der Waals surface area (Å²) in [6.07, 6.45) is 4.78. The molecule has 0 aromatic rings. The number of hydrogen-bond acceptors (Lipinski definition) is 2. The third-order valence-electron chi connectivity index (χ3n) is 4.11. The van der Waals surface area contributed by atoms with Gasteiger partial charge in [0.25, 0.3) is 0 Å². The summed E-state index contributed by atoms with van der Waals surface area (Å²) in [7, 11) is 0. The largest absolute Gasteiger partial charge is 0.357 e. The van der Waals surface area contributed by atoms with Crippen LogP contribution in [0.15, 0.2) is 4.99 Å². The van der Waals surface area contributed by atoms with Crippen molar-refractivity contribution in [3.05, 3.63) is 0 Å². The van der Waals surface area contributed by atoms with E-state index in [4.69, 9.17) is 0 Å². The molecule has 1 N–H and O–H groups in total. The molecule has 0 aliphatic carbocycles. The van der Waals surface area contributed by atoms with Gasteiger partial charge in [0.2, 0.25) is 5.91 Å². The van der Waals surface area contributed by atoms with Crippen molar-refractivity contribution in [2.24, 2.45) is 10.9 Å². The first-order valence-electron chi connectivity index (χ1n) is 8.01. The standard InChI is InChI=1S/C15H28N4O/c1-3-16-15(19-10-6-7-13(2)12-19)17-11-14(20)18-8-4-5-9-18/h13H,3-12H2,1-2H3,(H,16,17). The van der Waals surface area contributed by atoms with Gasteiger partial charge in [0.1, 0.15) is 6.54 Å². The SMILES string of the molecule is CCNC(=NCC(=O)N1CCCC1)N1CCCC(C)C1. The Morgan fingerprint density at radius 1 is 1.20 bits per heavy atom. The van der Waals surface area contributed by atoms with Crippen LogP contribution in [0.1, 0.15) is 39.5 Å². The molecule has 0 saturated carbocycles. The molecule has 0 spiro atoms. The van der Waals surface area contributed by atoms with Crippen LogP contribution in [0.2, 0.25) is 0 Å². The lowest BCUT2D eigenvalue weighted by Crippen LogP contribution is -2.46. The zero-order valence-corrected chi connectivity index (χ0v) is 12.9. The van der Waals surface area contributed by atoms with Crippen LogP contribution >= 0.6 is 0 Å². The monoisotopic (exact) mass is 280 g/mol. The topological polar surface area (TPSA) is 47.9 Å². The second kappa shape index (κ2) is 7.50. The summed E-state index contributed by atoms with van der Waals surface area (Å²) in [4.78, 5) is 20.9. The highest BCUT2D eigenvalue weighted by Crippen LogP contribution is 2.15. The predicted octanol–water partition coefficient (Wildman–Crippen LogP) is 1.31. The molecule has 0 aromatic carbocycles. The van der Waals surface area contributed by atoms with Gasteiger partial charge >= 0.3 is 0 Å². The van der Waals surface area contributed by atoms with E-state index in [1.807, 2.05) is 4.90 Å². The lowest BCUT2D eigenvalue weighted by Gasteiger charge is -2.33. The normalized spacial score (nSPS) is 24.1. The zero-order valence-electron chi connectivity index (χ0n) is 12.9. The van der Waals surface area contributed by atoms with Crippen molar-refractivity contribution in [2.75, 3.05) is 39.3 Å². The summed E-state index contributed by atoms with van der Waals surface area (Å²) < 4.78 is 0. The minimum absolute atomic E-state index is 0.169. The Balaban J connectivity index is 1.92. The summed E-state index contributed by atoms with van der Waals surface area (Å²) in [6.45, 7) is 9.40. The van der Waals surface area contributed by atoms with Crippen molar-refractivity contribution in [2.45, 2.75) is 39.5 Å². The molecular weight excluding hydrogens is 252 g/mol. The molecule has 0 aromatic heterocycles. The maximum absolute atomic E-state index is 12.1. The molecule has 0 radical (unpaired) electrons. The van der Waals surface area contributed by atoms with E-state index >= 15 is 0 Å². The van der Waals surface area contributed by atoms with Crippen molar-refractivity contribution in [1.82, 2.24) is 15.1 Å². The Kier molecular flexibility index (Phi) is 5.68. The van der Waals surface area contributed by atoms with Gasteiger partial charge in [0.05, 0.1) is 0 Å². The van der Waals surface area contributed by atoms with Gasteiger partial charge in [0, 0.05) is 32.7 Å². The first-order chi connectivity index (χ1) is 9.70. The fourth-order valence-corrected chi connectivity index (χ4v) is 3.02. The Bertz CT molecular complexity index is 350. The van der Waals surface area contributed by atoms with E-state index in [1.165, 1.54) is 12.8 Å². The lowest BCUT2D eigenvalue weighted by atomic mass is 10.0. The molecule has 1 unspecified atom stereocenters. The number of carbonyl (C=O) groups is 1. The van der Waals surface area contributed by atoms with Crippen LogP contribution in [0, 0.1) is 5.92 Å². The Hall–Kier alpha value is -1.26.